The van der Waals surface area contributed by atoms with Gasteiger partial charge in [0.2, 0.25) is 5.91 Å². The molecule has 10 heavy (non-hydrogen) atoms. The molecule has 0 bridgehead atoms. The lowest BCUT2D eigenvalue weighted by atomic mass is 10.5. The summed E-state index contributed by atoms with van der Waals surface area (Å²) in [5, 5.41) is 7.51. The van der Waals surface area contributed by atoms with Crippen LogP contribution in [-0.4, -0.2) is 5.91 Å². The van der Waals surface area contributed by atoms with E-state index >= 15 is 0 Å². The number of amides is 1. The number of nitriles is 1. The number of allylic oxidation sites excluding steroid dienone is 2. The fourth-order valence-corrected chi connectivity index (χ4v) is 0.164. The third-order valence-electron chi connectivity index (χ3n) is 0.422. The van der Waals surface area contributed by atoms with E-state index in [4.69, 9.17) is 5.26 Å². The van der Waals surface area contributed by atoms with Gasteiger partial charge in [-0.05, 0) is 13.0 Å². The molecule has 0 aromatic heterocycles. The molecule has 0 aliphatic rings. The zero-order valence-electron chi connectivity index (χ0n) is 5.87. The molecule has 1 amide bonds. The molecule has 3 heteroatoms. The van der Waals surface area contributed by atoms with Crippen LogP contribution in [0, 0.1) is 11.3 Å². The summed E-state index contributed by atoms with van der Waals surface area (Å²) in [6, 6.07) is 1.69. The van der Waals surface area contributed by atoms with Gasteiger partial charge in [0, 0.05) is 6.08 Å². The molecule has 54 valence electrons. The molecule has 0 unspecified atom stereocenters. The Kier molecular flexibility index (Phi) is 11.7. The van der Waals surface area contributed by atoms with E-state index in [1.54, 1.807) is 19.1 Å². The number of nitrogens with zero attached hydrogens (tertiary/aromatic N) is 1. The first-order chi connectivity index (χ1) is 4.68. The highest BCUT2D eigenvalue weighted by Gasteiger charge is 1.73. The van der Waals surface area contributed by atoms with Gasteiger partial charge in [-0.1, -0.05) is 12.7 Å². The summed E-state index contributed by atoms with van der Waals surface area (Å²) in [6.07, 6.45) is 4.09. The maximum Gasteiger partial charge on any atom is 0.241 e. The van der Waals surface area contributed by atoms with Crippen molar-refractivity contribution in [2.75, 3.05) is 0 Å². The van der Waals surface area contributed by atoms with Crippen LogP contribution in [-0.2, 0) is 4.79 Å². The molecule has 2 N–H and O–H groups in total. The molecule has 0 atom stereocenters. The summed E-state index contributed by atoms with van der Waals surface area (Å²) in [4.78, 5) is 9.73. The Morgan fingerprint density at radius 2 is 2.20 bits per heavy atom. The van der Waals surface area contributed by atoms with E-state index in [2.05, 4.69) is 12.3 Å². The molecule has 0 radical (unpaired) electrons. The van der Waals surface area contributed by atoms with Gasteiger partial charge >= 0.3 is 0 Å². The lowest BCUT2D eigenvalue weighted by molar-refractivity contribution is -0.113. The van der Waals surface area contributed by atoms with Gasteiger partial charge < -0.3 is 5.73 Å². The van der Waals surface area contributed by atoms with Crippen LogP contribution < -0.4 is 5.73 Å². The van der Waals surface area contributed by atoms with Crippen molar-refractivity contribution in [3.63, 3.8) is 0 Å². The van der Waals surface area contributed by atoms with E-state index in [0.29, 0.717) is 0 Å². The van der Waals surface area contributed by atoms with Gasteiger partial charge in [0.25, 0.3) is 0 Å². The second-order valence-corrected chi connectivity index (χ2v) is 1.24. The highest BCUT2D eigenvalue weighted by molar-refractivity contribution is 5.85. The first-order valence-corrected chi connectivity index (χ1v) is 2.61. The van der Waals surface area contributed by atoms with Gasteiger partial charge in [-0.15, -0.1) is 0 Å². The van der Waals surface area contributed by atoms with E-state index in [1.165, 1.54) is 12.2 Å². The summed E-state index contributed by atoms with van der Waals surface area (Å²) in [5.41, 5.74) is 4.68. The molecule has 0 rings (SSSR count). The topological polar surface area (TPSA) is 66.9 Å². The minimum atomic E-state index is -0.391. The first-order valence-electron chi connectivity index (χ1n) is 2.61. The zero-order valence-corrected chi connectivity index (χ0v) is 5.87. The average Bonchev–Trinajstić information content (AvgIpc) is 1.89. The molecule has 0 saturated carbocycles. The molecule has 0 aliphatic carbocycles. The van der Waals surface area contributed by atoms with Gasteiger partial charge in [-0.3, -0.25) is 4.79 Å². The Balaban J connectivity index is 0. The van der Waals surface area contributed by atoms with Crippen LogP contribution in [0.2, 0.25) is 0 Å². The smallest absolute Gasteiger partial charge is 0.241 e. The Morgan fingerprint density at radius 3 is 2.20 bits per heavy atom. The predicted molar refractivity (Wildman–Crippen MR) is 39.8 cm³/mol. The number of primary amides is 1. The van der Waals surface area contributed by atoms with Crippen molar-refractivity contribution in [2.24, 2.45) is 5.73 Å². The summed E-state index contributed by atoms with van der Waals surface area (Å²) in [5.74, 6) is -0.391. The third-order valence-corrected chi connectivity index (χ3v) is 0.422. The second-order valence-electron chi connectivity index (χ2n) is 1.24. The van der Waals surface area contributed by atoms with Crippen molar-refractivity contribution >= 4 is 5.91 Å². The Morgan fingerprint density at radius 1 is 1.80 bits per heavy atom. The number of carbonyl (C=O) groups excluding carboxylic acids is 1. The summed E-state index contributed by atoms with van der Waals surface area (Å²) >= 11 is 0. The van der Waals surface area contributed by atoms with Crippen molar-refractivity contribution in [3.8, 4) is 6.07 Å². The minimum absolute atomic E-state index is 0.391. The molecule has 0 aromatic carbocycles. The number of carbonyl (C=O) groups is 1. The highest BCUT2D eigenvalue weighted by atomic mass is 16.1. The van der Waals surface area contributed by atoms with Gasteiger partial charge in [0.15, 0.2) is 0 Å². The van der Waals surface area contributed by atoms with Gasteiger partial charge in [0.05, 0.1) is 6.07 Å². The van der Waals surface area contributed by atoms with Crippen molar-refractivity contribution < 1.29 is 4.79 Å². The van der Waals surface area contributed by atoms with E-state index in [-0.39, 0.29) is 0 Å². The molecule has 0 saturated heterocycles. The molecule has 0 heterocycles. The number of hydrogen-bond acceptors (Lipinski definition) is 2. The first kappa shape index (κ1) is 11.3. The lowest BCUT2D eigenvalue weighted by Gasteiger charge is -1.70. The van der Waals surface area contributed by atoms with E-state index in [1.807, 2.05) is 0 Å². The SMILES string of the molecule is C=CC#N.CC=CC(N)=O. The molecular formula is C7H10N2O. The molecule has 0 spiro atoms. The average molecular weight is 138 g/mol. The normalized spacial score (nSPS) is 7.20. The van der Waals surface area contributed by atoms with Crippen LogP contribution in [0.3, 0.4) is 0 Å². The summed E-state index contributed by atoms with van der Waals surface area (Å²) in [6.45, 7) is 4.86. The van der Waals surface area contributed by atoms with Crippen LogP contribution in [0.25, 0.3) is 0 Å². The number of rotatable bonds is 1. The van der Waals surface area contributed by atoms with Gasteiger partial charge in [-0.2, -0.15) is 5.26 Å². The van der Waals surface area contributed by atoms with Crippen molar-refractivity contribution in [2.45, 2.75) is 6.92 Å². The van der Waals surface area contributed by atoms with Crippen LogP contribution in [0.15, 0.2) is 24.8 Å². The van der Waals surface area contributed by atoms with E-state index in [9.17, 15) is 4.79 Å². The summed E-state index contributed by atoms with van der Waals surface area (Å²) in [7, 11) is 0. The minimum Gasteiger partial charge on any atom is -0.366 e. The Hall–Kier alpha value is -1.56. The standard InChI is InChI=1S/C4H7NO.C3H3N/c1-2-3-4(5)6;1-2-3-4/h2-3H,1H3,(H2,5,6);2H,1H2. The maximum absolute atomic E-state index is 9.73. The maximum atomic E-state index is 9.73. The largest absolute Gasteiger partial charge is 0.366 e. The fourth-order valence-electron chi connectivity index (χ4n) is 0.164. The molecule has 0 aromatic rings. The quantitative estimate of drug-likeness (QED) is 0.429. The van der Waals surface area contributed by atoms with E-state index in [0.717, 1.165) is 0 Å². The Labute approximate surface area is 60.4 Å². The number of nitrogens with two attached hydrogens (primary N) is 1. The van der Waals surface area contributed by atoms with Gasteiger partial charge in [0.1, 0.15) is 0 Å². The fraction of sp³-hybridized carbons (Fsp3) is 0.143. The molecular weight excluding hydrogens is 128 g/mol. The Bertz CT molecular complexity index is 165. The van der Waals surface area contributed by atoms with Crippen LogP contribution in [0.5, 0.6) is 0 Å². The third kappa shape index (κ3) is 32.0. The summed E-state index contributed by atoms with van der Waals surface area (Å²) < 4.78 is 0. The van der Waals surface area contributed by atoms with Gasteiger partial charge in [-0.25, -0.2) is 0 Å². The zero-order chi connectivity index (χ0) is 8.41. The number of hydrogen-bond donors (Lipinski definition) is 1. The van der Waals surface area contributed by atoms with Crippen LogP contribution in [0.4, 0.5) is 0 Å². The van der Waals surface area contributed by atoms with Crippen molar-refractivity contribution in [1.82, 2.24) is 0 Å². The van der Waals surface area contributed by atoms with Crippen molar-refractivity contribution in [3.05, 3.63) is 24.8 Å². The highest BCUT2D eigenvalue weighted by Crippen LogP contribution is 1.62. The predicted octanol–water partition coefficient (Wildman–Crippen LogP) is 0.744. The van der Waals surface area contributed by atoms with Crippen molar-refractivity contribution in [1.29, 1.82) is 5.26 Å². The molecule has 3 nitrogen and oxygen atoms in total. The monoisotopic (exact) mass is 138 g/mol. The second kappa shape index (κ2) is 10.4. The van der Waals surface area contributed by atoms with Crippen LogP contribution >= 0.6 is 0 Å². The lowest BCUT2D eigenvalue weighted by Crippen LogP contribution is -2.04. The molecule has 0 aliphatic heterocycles. The van der Waals surface area contributed by atoms with E-state index < -0.39 is 5.91 Å². The molecule has 0 fully saturated rings. The van der Waals surface area contributed by atoms with Crippen LogP contribution in [0.1, 0.15) is 6.92 Å².